The van der Waals surface area contributed by atoms with E-state index in [-0.39, 0.29) is 0 Å². The topological polar surface area (TPSA) is 95.3 Å². The second-order valence-electron chi connectivity index (χ2n) is 5.64. The minimum atomic E-state index is -4.46. The molecular formula is C16H14F3N5O2. The van der Waals surface area contributed by atoms with Crippen LogP contribution in [0.4, 0.5) is 18.9 Å². The second-order valence-corrected chi connectivity index (χ2v) is 5.64. The highest BCUT2D eigenvalue weighted by molar-refractivity contribution is 6.11. The van der Waals surface area contributed by atoms with Crippen LogP contribution in [-0.2, 0) is 15.8 Å². The Hall–Kier alpha value is -3.30. The van der Waals surface area contributed by atoms with E-state index in [2.05, 4.69) is 10.2 Å². The van der Waals surface area contributed by atoms with Crippen molar-refractivity contribution in [2.24, 2.45) is 11.7 Å². The lowest BCUT2D eigenvalue weighted by molar-refractivity contribution is -0.137. The number of carbonyl (C=O) groups is 2. The fourth-order valence-corrected chi connectivity index (χ4v) is 2.70. The first-order chi connectivity index (χ1) is 12.2. The minimum absolute atomic E-state index is 0.362. The molecule has 136 valence electrons. The molecule has 2 aromatic rings. The number of rotatable bonds is 3. The number of aromatic amines is 1. The van der Waals surface area contributed by atoms with Gasteiger partial charge in [-0.3, -0.25) is 19.7 Å². The molecule has 0 spiro atoms. The molecule has 1 unspecified atom stereocenters. The van der Waals surface area contributed by atoms with Crippen LogP contribution in [0.2, 0.25) is 0 Å². The van der Waals surface area contributed by atoms with Gasteiger partial charge >= 0.3 is 6.18 Å². The number of amides is 2. The van der Waals surface area contributed by atoms with Crippen LogP contribution >= 0.6 is 0 Å². The molecule has 1 atom stereocenters. The predicted molar refractivity (Wildman–Crippen MR) is 85.9 cm³/mol. The molecule has 2 amide bonds. The van der Waals surface area contributed by atoms with Crippen LogP contribution in [0.3, 0.4) is 0 Å². The summed E-state index contributed by atoms with van der Waals surface area (Å²) < 4.78 is 38.3. The Morgan fingerprint density at radius 2 is 1.92 bits per heavy atom. The van der Waals surface area contributed by atoms with E-state index in [1.165, 1.54) is 40.6 Å². The zero-order chi connectivity index (χ0) is 19.1. The van der Waals surface area contributed by atoms with Crippen LogP contribution in [0.15, 0.2) is 42.7 Å². The molecule has 1 aromatic heterocycles. The standard InChI is InChI=1S/C16H14F3N5O2/c1-23-13(9-2-4-10(5-3-9)16(17,18)19)6-12(14(20)25)15(26)24(23)11-7-21-22-8-11/h2-8,12H,1H3,(H2,20,25)(H,21,22). The molecule has 1 aliphatic rings. The Kier molecular flexibility index (Phi) is 4.18. The number of carbonyl (C=O) groups excluding carboxylic acids is 2. The lowest BCUT2D eigenvalue weighted by Gasteiger charge is -2.39. The van der Waals surface area contributed by atoms with Gasteiger partial charge in [-0.1, -0.05) is 12.1 Å². The molecule has 3 N–H and O–H groups in total. The number of alkyl halides is 3. The van der Waals surface area contributed by atoms with E-state index in [9.17, 15) is 22.8 Å². The number of hydrogen-bond donors (Lipinski definition) is 2. The molecule has 1 aromatic carbocycles. The minimum Gasteiger partial charge on any atom is -0.369 e. The SMILES string of the molecule is CN1C(c2ccc(C(F)(F)F)cc2)=CC(C(N)=O)C(=O)N1c1cn[nH]c1. The summed E-state index contributed by atoms with van der Waals surface area (Å²) in [6.07, 6.45) is -0.298. The van der Waals surface area contributed by atoms with Crippen molar-refractivity contribution in [3.8, 4) is 0 Å². The summed E-state index contributed by atoms with van der Waals surface area (Å²) in [6, 6.07) is 4.41. The summed E-state index contributed by atoms with van der Waals surface area (Å²) in [6.45, 7) is 0. The van der Waals surface area contributed by atoms with Gasteiger partial charge in [-0.15, -0.1) is 0 Å². The fourth-order valence-electron chi connectivity index (χ4n) is 2.70. The molecule has 7 nitrogen and oxygen atoms in total. The second kappa shape index (κ2) is 6.21. The number of aromatic nitrogens is 2. The van der Waals surface area contributed by atoms with Crippen molar-refractivity contribution in [3.63, 3.8) is 0 Å². The number of nitrogens with zero attached hydrogens (tertiary/aromatic N) is 3. The molecule has 0 fully saturated rings. The van der Waals surface area contributed by atoms with Gasteiger partial charge in [0, 0.05) is 13.2 Å². The van der Waals surface area contributed by atoms with Crippen LogP contribution in [-0.4, -0.2) is 34.1 Å². The maximum absolute atomic E-state index is 12.8. The molecule has 26 heavy (non-hydrogen) atoms. The number of nitrogens with one attached hydrogen (secondary N) is 1. The van der Waals surface area contributed by atoms with Gasteiger partial charge in [-0.25, -0.2) is 5.01 Å². The quantitative estimate of drug-likeness (QED) is 0.811. The number of nitrogens with two attached hydrogens (primary N) is 1. The van der Waals surface area contributed by atoms with E-state index in [0.29, 0.717) is 16.9 Å². The summed E-state index contributed by atoms with van der Waals surface area (Å²) >= 11 is 0. The van der Waals surface area contributed by atoms with Crippen molar-refractivity contribution in [2.75, 3.05) is 12.1 Å². The number of hydrazine groups is 1. The summed E-state index contributed by atoms with van der Waals surface area (Å²) in [5, 5.41) is 8.94. The molecule has 1 aliphatic heterocycles. The molecule has 0 saturated heterocycles. The van der Waals surface area contributed by atoms with Crippen LogP contribution in [0.5, 0.6) is 0 Å². The molecule has 10 heteroatoms. The van der Waals surface area contributed by atoms with Gasteiger partial charge in [0.15, 0.2) is 0 Å². The third kappa shape index (κ3) is 3.01. The van der Waals surface area contributed by atoms with Crippen molar-refractivity contribution >= 4 is 23.2 Å². The molecular weight excluding hydrogens is 351 g/mol. The van der Waals surface area contributed by atoms with Gasteiger partial charge in [0.05, 0.1) is 17.5 Å². The van der Waals surface area contributed by atoms with Crippen LogP contribution in [0.25, 0.3) is 5.70 Å². The van der Waals surface area contributed by atoms with Gasteiger partial charge in [0.25, 0.3) is 5.91 Å². The Morgan fingerprint density at radius 1 is 1.27 bits per heavy atom. The van der Waals surface area contributed by atoms with E-state index in [1.54, 1.807) is 7.05 Å². The lowest BCUT2D eigenvalue weighted by atomic mass is 9.99. The van der Waals surface area contributed by atoms with Crippen molar-refractivity contribution in [1.82, 2.24) is 15.2 Å². The fraction of sp³-hybridized carbons (Fsp3) is 0.188. The molecule has 0 bridgehead atoms. The van der Waals surface area contributed by atoms with Crippen molar-refractivity contribution in [3.05, 3.63) is 53.9 Å². The van der Waals surface area contributed by atoms with Gasteiger partial charge < -0.3 is 5.73 Å². The number of H-pyrrole nitrogens is 1. The third-order valence-electron chi connectivity index (χ3n) is 3.99. The molecule has 0 aliphatic carbocycles. The van der Waals surface area contributed by atoms with Gasteiger partial charge in [-0.05, 0) is 23.8 Å². The zero-order valence-electron chi connectivity index (χ0n) is 13.5. The van der Waals surface area contributed by atoms with Crippen LogP contribution < -0.4 is 10.7 Å². The summed E-state index contributed by atoms with van der Waals surface area (Å²) in [5.74, 6) is -2.70. The van der Waals surface area contributed by atoms with E-state index in [0.717, 1.165) is 12.1 Å². The van der Waals surface area contributed by atoms with Gasteiger partial charge in [0.2, 0.25) is 5.91 Å². The Morgan fingerprint density at radius 3 is 2.42 bits per heavy atom. The van der Waals surface area contributed by atoms with E-state index in [1.807, 2.05) is 0 Å². The maximum atomic E-state index is 12.8. The lowest BCUT2D eigenvalue weighted by Crippen LogP contribution is -2.52. The largest absolute Gasteiger partial charge is 0.416 e. The van der Waals surface area contributed by atoms with Gasteiger partial charge in [0.1, 0.15) is 11.6 Å². The first-order valence-electron chi connectivity index (χ1n) is 7.45. The number of halogens is 3. The van der Waals surface area contributed by atoms with E-state index >= 15 is 0 Å². The number of benzene rings is 1. The summed E-state index contributed by atoms with van der Waals surface area (Å²) in [4.78, 5) is 24.3. The smallest absolute Gasteiger partial charge is 0.369 e. The third-order valence-corrected chi connectivity index (χ3v) is 3.99. The number of hydrogen-bond acceptors (Lipinski definition) is 4. The number of primary amides is 1. The Balaban J connectivity index is 2.05. The zero-order valence-corrected chi connectivity index (χ0v) is 13.5. The molecule has 0 saturated carbocycles. The number of anilines is 1. The maximum Gasteiger partial charge on any atom is 0.416 e. The summed E-state index contributed by atoms with van der Waals surface area (Å²) in [5.41, 5.74) is 5.64. The summed E-state index contributed by atoms with van der Waals surface area (Å²) in [7, 11) is 1.55. The first-order valence-corrected chi connectivity index (χ1v) is 7.45. The highest BCUT2D eigenvalue weighted by Crippen LogP contribution is 2.34. The highest BCUT2D eigenvalue weighted by Gasteiger charge is 2.38. The first kappa shape index (κ1) is 17.5. The Bertz CT molecular complexity index is 859. The predicted octanol–water partition coefficient (Wildman–Crippen LogP) is 1.76. The highest BCUT2D eigenvalue weighted by atomic mass is 19.4. The van der Waals surface area contributed by atoms with Crippen molar-refractivity contribution in [1.29, 1.82) is 0 Å². The Labute approximate surface area is 145 Å². The van der Waals surface area contributed by atoms with Crippen molar-refractivity contribution < 1.29 is 22.8 Å². The molecule has 2 heterocycles. The van der Waals surface area contributed by atoms with Crippen LogP contribution in [0, 0.1) is 5.92 Å². The van der Waals surface area contributed by atoms with Crippen molar-refractivity contribution in [2.45, 2.75) is 6.18 Å². The van der Waals surface area contributed by atoms with E-state index < -0.39 is 29.5 Å². The van der Waals surface area contributed by atoms with Gasteiger partial charge in [-0.2, -0.15) is 18.3 Å². The normalized spacial score (nSPS) is 18.1. The average Bonchev–Trinajstić information content (AvgIpc) is 3.08. The molecule has 3 rings (SSSR count). The monoisotopic (exact) mass is 365 g/mol. The van der Waals surface area contributed by atoms with Crippen LogP contribution in [0.1, 0.15) is 11.1 Å². The average molecular weight is 365 g/mol. The molecule has 0 radical (unpaired) electrons. The van der Waals surface area contributed by atoms with E-state index in [4.69, 9.17) is 5.73 Å².